The van der Waals surface area contributed by atoms with Gasteiger partial charge in [0.15, 0.2) is 5.58 Å². The third-order valence-corrected chi connectivity index (χ3v) is 6.32. The lowest BCUT2D eigenvalue weighted by Crippen LogP contribution is -2.12. The molecule has 0 aliphatic carbocycles. The van der Waals surface area contributed by atoms with E-state index in [4.69, 9.17) is 4.42 Å². The van der Waals surface area contributed by atoms with Crippen molar-refractivity contribution in [1.82, 2.24) is 8.96 Å². The summed E-state index contributed by atoms with van der Waals surface area (Å²) in [6.07, 6.45) is 0. The van der Waals surface area contributed by atoms with E-state index in [2.05, 4.69) is 4.98 Å². The Morgan fingerprint density at radius 2 is 1.54 bits per heavy atom. The summed E-state index contributed by atoms with van der Waals surface area (Å²) < 4.78 is 33.2. The van der Waals surface area contributed by atoms with Crippen molar-refractivity contribution in [3.63, 3.8) is 0 Å². The molecule has 0 aliphatic rings. The first-order valence-corrected chi connectivity index (χ1v) is 10.0. The molecule has 0 fully saturated rings. The number of oxazole rings is 1. The Kier molecular flexibility index (Phi) is 3.53. The maximum Gasteiger partial charge on any atom is 0.271 e. The van der Waals surface area contributed by atoms with E-state index in [1.165, 1.54) is 12.1 Å². The first kappa shape index (κ1) is 16.6. The van der Waals surface area contributed by atoms with Crippen molar-refractivity contribution in [2.75, 3.05) is 0 Å². The van der Waals surface area contributed by atoms with Crippen molar-refractivity contribution in [2.24, 2.45) is 0 Å². The molecule has 0 aliphatic heterocycles. The molecule has 28 heavy (non-hydrogen) atoms. The zero-order valence-corrected chi connectivity index (χ0v) is 15.3. The smallest absolute Gasteiger partial charge is 0.271 e. The summed E-state index contributed by atoms with van der Waals surface area (Å²) in [6, 6.07) is 22.1. The van der Waals surface area contributed by atoms with Gasteiger partial charge >= 0.3 is 0 Å². The molecular formula is C21H14N2O4S. The molecule has 2 heterocycles. The summed E-state index contributed by atoms with van der Waals surface area (Å²) in [4.78, 5) is 4.51. The van der Waals surface area contributed by atoms with Crippen LogP contribution < -0.4 is 0 Å². The van der Waals surface area contributed by atoms with Crippen LogP contribution >= 0.6 is 0 Å². The van der Waals surface area contributed by atoms with E-state index < -0.39 is 15.9 Å². The molecule has 0 bridgehead atoms. The van der Waals surface area contributed by atoms with E-state index in [9.17, 15) is 13.5 Å². The van der Waals surface area contributed by atoms with Crippen molar-refractivity contribution >= 4 is 32.0 Å². The molecule has 6 nitrogen and oxygen atoms in total. The predicted octanol–water partition coefficient (Wildman–Crippen LogP) is 4.39. The number of para-hydroxylation sites is 3. The average Bonchev–Trinajstić information content (AvgIpc) is 3.26. The summed E-state index contributed by atoms with van der Waals surface area (Å²) in [5, 5.41) is 11.5. The minimum absolute atomic E-state index is 0.0789. The first-order valence-electron chi connectivity index (χ1n) is 8.56. The highest BCUT2D eigenvalue weighted by atomic mass is 32.2. The number of benzene rings is 3. The van der Waals surface area contributed by atoms with Gasteiger partial charge in [-0.1, -0.05) is 48.5 Å². The monoisotopic (exact) mass is 390 g/mol. The second kappa shape index (κ2) is 5.97. The SMILES string of the molecule is O=S(=O)(c1ccccc1)n1c(O)c(-c2nc3ccccc3o2)c2ccccc21. The van der Waals surface area contributed by atoms with Gasteiger partial charge in [0.2, 0.25) is 11.8 Å². The normalized spacial score (nSPS) is 12.0. The molecule has 5 rings (SSSR count). The number of nitrogens with zero attached hydrogens (tertiary/aromatic N) is 2. The second-order valence-electron chi connectivity index (χ2n) is 6.28. The highest BCUT2D eigenvalue weighted by molar-refractivity contribution is 7.90. The minimum atomic E-state index is -4.02. The molecule has 3 aromatic carbocycles. The van der Waals surface area contributed by atoms with Crippen molar-refractivity contribution in [2.45, 2.75) is 4.90 Å². The highest BCUT2D eigenvalue weighted by Gasteiger charge is 2.29. The fourth-order valence-electron chi connectivity index (χ4n) is 3.33. The number of hydrogen-bond donors (Lipinski definition) is 1. The Bertz CT molecular complexity index is 1400. The van der Waals surface area contributed by atoms with Gasteiger partial charge < -0.3 is 9.52 Å². The van der Waals surface area contributed by atoms with E-state index in [-0.39, 0.29) is 16.3 Å². The Morgan fingerprint density at radius 3 is 2.32 bits per heavy atom. The third-order valence-electron chi connectivity index (χ3n) is 4.60. The van der Waals surface area contributed by atoms with E-state index in [0.717, 1.165) is 3.97 Å². The number of aromatic nitrogens is 2. The van der Waals surface area contributed by atoms with Gasteiger partial charge in [-0.3, -0.25) is 0 Å². The second-order valence-corrected chi connectivity index (χ2v) is 8.07. The molecule has 0 saturated heterocycles. The van der Waals surface area contributed by atoms with Gasteiger partial charge in [0.05, 0.1) is 10.4 Å². The van der Waals surface area contributed by atoms with Gasteiger partial charge in [0.1, 0.15) is 11.1 Å². The highest BCUT2D eigenvalue weighted by Crippen LogP contribution is 2.41. The average molecular weight is 390 g/mol. The summed E-state index contributed by atoms with van der Waals surface area (Å²) in [5.74, 6) is -0.270. The third kappa shape index (κ3) is 2.33. The molecule has 0 unspecified atom stereocenters. The number of fused-ring (bicyclic) bond motifs is 2. The Hall–Kier alpha value is -3.58. The quantitative estimate of drug-likeness (QED) is 0.494. The molecule has 7 heteroatoms. The molecule has 0 saturated carbocycles. The van der Waals surface area contributed by atoms with E-state index in [0.29, 0.717) is 22.0 Å². The van der Waals surface area contributed by atoms with Crippen molar-refractivity contribution in [1.29, 1.82) is 0 Å². The predicted molar refractivity (Wildman–Crippen MR) is 106 cm³/mol. The maximum absolute atomic E-state index is 13.2. The Labute approximate surface area is 160 Å². The van der Waals surface area contributed by atoms with Gasteiger partial charge in [0.25, 0.3) is 10.0 Å². The van der Waals surface area contributed by atoms with Gasteiger partial charge in [-0.15, -0.1) is 0 Å². The Balaban J connectivity index is 1.85. The van der Waals surface area contributed by atoms with Crippen LogP contribution in [0.3, 0.4) is 0 Å². The maximum atomic E-state index is 13.2. The van der Waals surface area contributed by atoms with E-state index in [1.807, 2.05) is 12.1 Å². The van der Waals surface area contributed by atoms with Crippen LogP contribution in [0, 0.1) is 0 Å². The van der Waals surface area contributed by atoms with Crippen LogP contribution in [0.4, 0.5) is 0 Å². The Morgan fingerprint density at radius 1 is 0.857 bits per heavy atom. The largest absolute Gasteiger partial charge is 0.493 e. The molecule has 138 valence electrons. The fraction of sp³-hybridized carbons (Fsp3) is 0. The van der Waals surface area contributed by atoms with Crippen LogP contribution in [0.2, 0.25) is 0 Å². The van der Waals surface area contributed by atoms with Crippen LogP contribution in [-0.2, 0) is 10.0 Å². The molecule has 0 amide bonds. The topological polar surface area (TPSA) is 85.3 Å². The lowest BCUT2D eigenvalue weighted by molar-refractivity contribution is 0.447. The van der Waals surface area contributed by atoms with Gasteiger partial charge in [-0.2, -0.15) is 0 Å². The number of rotatable bonds is 3. The van der Waals surface area contributed by atoms with E-state index in [1.54, 1.807) is 54.6 Å². The van der Waals surface area contributed by atoms with Gasteiger partial charge in [0, 0.05) is 5.39 Å². The van der Waals surface area contributed by atoms with Crippen molar-refractivity contribution in [3.8, 4) is 17.3 Å². The van der Waals surface area contributed by atoms with Crippen LogP contribution in [0.1, 0.15) is 0 Å². The molecule has 2 aromatic heterocycles. The lowest BCUT2D eigenvalue weighted by Gasteiger charge is -2.08. The van der Waals surface area contributed by atoms with Gasteiger partial charge in [-0.05, 0) is 30.3 Å². The van der Waals surface area contributed by atoms with Crippen LogP contribution in [0.25, 0.3) is 33.5 Å². The number of hydrogen-bond acceptors (Lipinski definition) is 5. The molecule has 0 atom stereocenters. The van der Waals surface area contributed by atoms with E-state index >= 15 is 0 Å². The molecule has 1 N–H and O–H groups in total. The molecule has 5 aromatic rings. The minimum Gasteiger partial charge on any atom is -0.493 e. The van der Waals surface area contributed by atoms with Crippen molar-refractivity contribution < 1.29 is 17.9 Å². The fourth-order valence-corrected chi connectivity index (χ4v) is 4.78. The summed E-state index contributed by atoms with van der Waals surface area (Å²) in [5.41, 5.74) is 1.77. The zero-order valence-electron chi connectivity index (χ0n) is 14.5. The summed E-state index contributed by atoms with van der Waals surface area (Å²) >= 11 is 0. The number of aromatic hydroxyl groups is 1. The molecule has 0 radical (unpaired) electrons. The lowest BCUT2D eigenvalue weighted by atomic mass is 10.2. The zero-order chi connectivity index (χ0) is 19.3. The molecule has 0 spiro atoms. The van der Waals surface area contributed by atoms with Crippen LogP contribution in [0.5, 0.6) is 5.88 Å². The summed E-state index contributed by atoms with van der Waals surface area (Å²) in [6.45, 7) is 0. The van der Waals surface area contributed by atoms with Crippen LogP contribution in [-0.4, -0.2) is 22.5 Å². The van der Waals surface area contributed by atoms with Gasteiger partial charge in [-0.25, -0.2) is 17.4 Å². The molecular weight excluding hydrogens is 376 g/mol. The van der Waals surface area contributed by atoms with Crippen molar-refractivity contribution in [3.05, 3.63) is 78.9 Å². The summed E-state index contributed by atoms with van der Waals surface area (Å²) in [7, 11) is -4.02. The first-order chi connectivity index (χ1) is 13.6. The van der Waals surface area contributed by atoms with Crippen LogP contribution in [0.15, 0.2) is 88.2 Å². The standard InChI is InChI=1S/C21H14N2O4S/c24-21-19(20-22-16-11-5-7-13-18(16)27-20)15-10-4-6-12-17(15)23(21)28(25,26)14-8-2-1-3-9-14/h1-13,24H.